The third-order valence-corrected chi connectivity index (χ3v) is 4.63. The van der Waals surface area contributed by atoms with E-state index in [1.54, 1.807) is 10.9 Å². The zero-order chi connectivity index (χ0) is 15.1. The molecule has 0 amide bonds. The maximum atomic E-state index is 10.2. The quantitative estimate of drug-likeness (QED) is 0.437. The highest BCUT2D eigenvalue weighted by Crippen LogP contribution is 2.37. The number of nitrogens with zero attached hydrogens (tertiary/aromatic N) is 4. The Morgan fingerprint density at radius 1 is 1.38 bits per heavy atom. The average Bonchev–Trinajstić information content (AvgIpc) is 3.01. The van der Waals surface area contributed by atoms with Gasteiger partial charge in [-0.25, -0.2) is 9.97 Å². The number of aromatic nitrogens is 4. The van der Waals surface area contributed by atoms with Crippen LogP contribution in [0.15, 0.2) is 11.4 Å². The zero-order valence-corrected chi connectivity index (χ0v) is 12.2. The van der Waals surface area contributed by atoms with Gasteiger partial charge in [0.05, 0.1) is 18.5 Å². The molecule has 5 N–H and O–H groups in total. The number of fused-ring (bicyclic) bond motifs is 1. The zero-order valence-electron chi connectivity index (χ0n) is 11.4. The molecule has 2 aromatic heterocycles. The van der Waals surface area contributed by atoms with Crippen LogP contribution in [0.2, 0.25) is 0 Å². The first-order valence-electron chi connectivity index (χ1n) is 6.57. The Kier molecular flexibility index (Phi) is 3.74. The first kappa shape index (κ1) is 14.5. The monoisotopic (exact) mass is 311 g/mol. The summed E-state index contributed by atoms with van der Waals surface area (Å²) in [7, 11) is 0. The molecule has 3 rings (SSSR count). The molecule has 8 nitrogen and oxygen atoms in total. The molecule has 1 aliphatic rings. The summed E-state index contributed by atoms with van der Waals surface area (Å²) < 4.78 is 1.70. The van der Waals surface area contributed by atoms with E-state index in [1.807, 2.05) is 6.26 Å². The van der Waals surface area contributed by atoms with E-state index in [0.29, 0.717) is 22.6 Å². The van der Waals surface area contributed by atoms with E-state index < -0.39 is 18.2 Å². The fourth-order valence-electron chi connectivity index (χ4n) is 2.85. The van der Waals surface area contributed by atoms with Crippen molar-refractivity contribution in [3.8, 4) is 0 Å². The minimum atomic E-state index is -0.978. The highest BCUT2D eigenvalue weighted by atomic mass is 32.2. The third kappa shape index (κ3) is 2.26. The van der Waals surface area contributed by atoms with E-state index in [4.69, 9.17) is 5.73 Å². The second-order valence-electron chi connectivity index (χ2n) is 5.14. The summed E-state index contributed by atoms with van der Waals surface area (Å²) in [4.78, 5) is 12.6. The summed E-state index contributed by atoms with van der Waals surface area (Å²) in [6.07, 6.45) is 1.95. The Balaban J connectivity index is 2.07. The predicted molar refractivity (Wildman–Crippen MR) is 77.8 cm³/mol. The fourth-order valence-corrected chi connectivity index (χ4v) is 3.37. The highest BCUT2D eigenvalue weighted by molar-refractivity contribution is 7.98. The number of hydrogen-bond acceptors (Lipinski definition) is 8. The molecule has 2 aromatic rings. The molecule has 0 radical (unpaired) electrons. The Bertz CT molecular complexity index is 664. The summed E-state index contributed by atoms with van der Waals surface area (Å²) in [6, 6.07) is -0.397. The third-order valence-electron chi connectivity index (χ3n) is 3.96. The van der Waals surface area contributed by atoms with Crippen molar-refractivity contribution >= 4 is 28.9 Å². The summed E-state index contributed by atoms with van der Waals surface area (Å²) in [6.45, 7) is -0.172. The fraction of sp³-hybridized carbons (Fsp3) is 0.583. The Labute approximate surface area is 125 Å². The van der Waals surface area contributed by atoms with Crippen molar-refractivity contribution in [1.29, 1.82) is 0 Å². The average molecular weight is 311 g/mol. The van der Waals surface area contributed by atoms with Crippen LogP contribution in [-0.4, -0.2) is 59.9 Å². The van der Waals surface area contributed by atoms with Gasteiger partial charge in [-0.2, -0.15) is 4.98 Å². The van der Waals surface area contributed by atoms with Gasteiger partial charge in [-0.3, -0.25) is 0 Å². The molecule has 9 heteroatoms. The number of thioether (sulfide) groups is 1. The number of nitrogen functional groups attached to an aromatic ring is 1. The lowest BCUT2D eigenvalue weighted by Gasteiger charge is -2.18. The molecule has 4 atom stereocenters. The lowest BCUT2D eigenvalue weighted by molar-refractivity contribution is -0.00370. The summed E-state index contributed by atoms with van der Waals surface area (Å²) >= 11 is 1.42. The smallest absolute Gasteiger partial charge is 0.223 e. The second-order valence-corrected chi connectivity index (χ2v) is 5.94. The van der Waals surface area contributed by atoms with Crippen molar-refractivity contribution in [1.82, 2.24) is 19.5 Å². The topological polar surface area (TPSA) is 130 Å². The van der Waals surface area contributed by atoms with Gasteiger partial charge in [0.1, 0.15) is 16.6 Å². The number of aliphatic hydroxyl groups is 3. The van der Waals surface area contributed by atoms with Crippen LogP contribution in [0.1, 0.15) is 12.5 Å². The van der Waals surface area contributed by atoms with Crippen LogP contribution in [0.5, 0.6) is 0 Å². The van der Waals surface area contributed by atoms with E-state index in [0.717, 1.165) is 0 Å². The minimum Gasteiger partial charge on any atom is -0.396 e. The van der Waals surface area contributed by atoms with Crippen molar-refractivity contribution in [3.05, 3.63) is 6.33 Å². The molecule has 0 saturated heterocycles. The Morgan fingerprint density at radius 2 is 2.14 bits per heavy atom. The van der Waals surface area contributed by atoms with Crippen LogP contribution >= 0.6 is 11.8 Å². The molecule has 114 valence electrons. The van der Waals surface area contributed by atoms with Gasteiger partial charge in [0.15, 0.2) is 5.65 Å². The van der Waals surface area contributed by atoms with E-state index >= 15 is 0 Å². The molecule has 0 aliphatic heterocycles. The van der Waals surface area contributed by atoms with Gasteiger partial charge in [-0.05, 0) is 12.7 Å². The maximum absolute atomic E-state index is 10.2. The van der Waals surface area contributed by atoms with Gasteiger partial charge in [0, 0.05) is 12.5 Å². The van der Waals surface area contributed by atoms with Crippen LogP contribution in [-0.2, 0) is 0 Å². The van der Waals surface area contributed by atoms with Gasteiger partial charge in [-0.1, -0.05) is 0 Å². The van der Waals surface area contributed by atoms with Gasteiger partial charge < -0.3 is 25.6 Å². The molecule has 1 fully saturated rings. The molecular formula is C12H17N5O3S. The summed E-state index contributed by atoms with van der Waals surface area (Å²) in [5, 5.41) is 30.1. The Hall–Kier alpha value is -1.42. The van der Waals surface area contributed by atoms with Crippen LogP contribution in [0.25, 0.3) is 11.2 Å². The van der Waals surface area contributed by atoms with Gasteiger partial charge in [0.25, 0.3) is 0 Å². The largest absolute Gasteiger partial charge is 0.396 e. The number of anilines is 1. The molecule has 0 bridgehead atoms. The first-order chi connectivity index (χ1) is 10.1. The number of rotatable bonds is 3. The van der Waals surface area contributed by atoms with Crippen LogP contribution in [0, 0.1) is 5.92 Å². The van der Waals surface area contributed by atoms with Crippen molar-refractivity contribution in [2.45, 2.75) is 29.7 Å². The molecule has 0 unspecified atom stereocenters. The van der Waals surface area contributed by atoms with E-state index in [1.165, 1.54) is 11.8 Å². The molecule has 0 aromatic carbocycles. The van der Waals surface area contributed by atoms with Crippen LogP contribution < -0.4 is 5.73 Å². The normalized spacial score (nSPS) is 29.3. The lowest BCUT2D eigenvalue weighted by Crippen LogP contribution is -2.30. The summed E-state index contributed by atoms with van der Waals surface area (Å²) in [5.74, 6) is -0.220. The van der Waals surface area contributed by atoms with Crippen molar-refractivity contribution in [3.63, 3.8) is 0 Å². The highest BCUT2D eigenvalue weighted by Gasteiger charge is 2.42. The predicted octanol–water partition coefficient (Wildman–Crippen LogP) is -0.595. The first-order valence-corrected chi connectivity index (χ1v) is 7.80. The van der Waals surface area contributed by atoms with Crippen LogP contribution in [0.4, 0.5) is 5.95 Å². The number of aliphatic hydroxyl groups excluding tert-OH is 3. The van der Waals surface area contributed by atoms with Gasteiger partial charge in [-0.15, -0.1) is 11.8 Å². The molecule has 0 spiro atoms. The van der Waals surface area contributed by atoms with Crippen LogP contribution in [0.3, 0.4) is 0 Å². The molecule has 1 aliphatic carbocycles. The molecule has 1 saturated carbocycles. The number of imidazole rings is 1. The van der Waals surface area contributed by atoms with E-state index in [9.17, 15) is 15.3 Å². The molecule has 21 heavy (non-hydrogen) atoms. The van der Waals surface area contributed by atoms with Crippen molar-refractivity contribution in [2.24, 2.45) is 5.92 Å². The Morgan fingerprint density at radius 3 is 2.76 bits per heavy atom. The van der Waals surface area contributed by atoms with E-state index in [-0.39, 0.29) is 18.5 Å². The SMILES string of the molecule is CSc1nc(N)nc2c1ncn2[C@@H]1C[C@H](CO)[C@@H](O)[C@H]1O. The molecule has 2 heterocycles. The van der Waals surface area contributed by atoms with Crippen molar-refractivity contribution in [2.75, 3.05) is 18.6 Å². The molecular weight excluding hydrogens is 294 g/mol. The van der Waals surface area contributed by atoms with Gasteiger partial charge in [0.2, 0.25) is 5.95 Å². The lowest BCUT2D eigenvalue weighted by atomic mass is 10.1. The maximum Gasteiger partial charge on any atom is 0.223 e. The second kappa shape index (κ2) is 5.41. The summed E-state index contributed by atoms with van der Waals surface area (Å²) in [5.41, 5.74) is 6.86. The van der Waals surface area contributed by atoms with E-state index in [2.05, 4.69) is 15.0 Å². The van der Waals surface area contributed by atoms with Gasteiger partial charge >= 0.3 is 0 Å². The number of hydrogen-bond donors (Lipinski definition) is 4. The van der Waals surface area contributed by atoms with Crippen molar-refractivity contribution < 1.29 is 15.3 Å². The number of nitrogens with two attached hydrogens (primary N) is 1. The minimum absolute atomic E-state index is 0.139. The standard InChI is InChI=1S/C12H17N5O3S/c1-21-11-7-10(15-12(13)16-11)17(4-14-7)6-2-5(3-18)8(19)9(6)20/h4-6,8-9,18-20H,2-3H2,1H3,(H2,13,15,16)/t5-,6-,8-,9+/m1/s1.